The highest BCUT2D eigenvalue weighted by atomic mass is 16.5. The van der Waals surface area contributed by atoms with Crippen LogP contribution in [0.5, 0.6) is 0 Å². The van der Waals surface area contributed by atoms with Crippen molar-refractivity contribution in [3.8, 4) is 0 Å². The maximum absolute atomic E-state index is 5.37. The van der Waals surface area contributed by atoms with Gasteiger partial charge >= 0.3 is 0 Å². The summed E-state index contributed by atoms with van der Waals surface area (Å²) in [5, 5.41) is 0. The molecule has 0 N–H and O–H groups in total. The van der Waals surface area contributed by atoms with Crippen LogP contribution in [0.15, 0.2) is 36.4 Å². The summed E-state index contributed by atoms with van der Waals surface area (Å²) in [5.74, 6) is 0. The Morgan fingerprint density at radius 3 is 2.64 bits per heavy atom. The fourth-order valence-corrected chi connectivity index (χ4v) is 1.18. The van der Waals surface area contributed by atoms with Gasteiger partial charge in [0.25, 0.3) is 0 Å². The van der Waals surface area contributed by atoms with Gasteiger partial charge in [-0.05, 0) is 18.4 Å². The number of rotatable bonds is 6. The summed E-state index contributed by atoms with van der Waals surface area (Å²) in [6.45, 7) is 3.83. The molecular formula is C13H18O. The maximum atomic E-state index is 5.37. The fraction of sp³-hybridized carbons (Fsp3) is 0.385. The zero-order valence-electron chi connectivity index (χ0n) is 8.78. The lowest BCUT2D eigenvalue weighted by atomic mass is 10.2. The average molecular weight is 190 g/mol. The lowest BCUT2D eigenvalue weighted by Crippen LogP contribution is -1.93. The van der Waals surface area contributed by atoms with E-state index in [1.165, 1.54) is 5.56 Å². The minimum Gasteiger partial charge on any atom is -0.381 e. The Morgan fingerprint density at radius 1 is 1.14 bits per heavy atom. The van der Waals surface area contributed by atoms with Crippen molar-refractivity contribution >= 4 is 6.08 Å². The van der Waals surface area contributed by atoms with Crippen molar-refractivity contribution in [1.29, 1.82) is 0 Å². The second-order valence-corrected chi connectivity index (χ2v) is 3.21. The molecule has 0 aromatic heterocycles. The molecule has 0 spiro atoms. The highest BCUT2D eigenvalue weighted by molar-refractivity contribution is 5.48. The lowest BCUT2D eigenvalue weighted by molar-refractivity contribution is 0.139. The van der Waals surface area contributed by atoms with Crippen LogP contribution in [0.4, 0.5) is 0 Å². The minimum atomic E-state index is 0.831. The molecule has 76 valence electrons. The molecule has 0 heterocycles. The van der Waals surface area contributed by atoms with Crippen molar-refractivity contribution in [3.63, 3.8) is 0 Å². The summed E-state index contributed by atoms with van der Waals surface area (Å²) in [6, 6.07) is 10.3. The van der Waals surface area contributed by atoms with E-state index in [1.54, 1.807) is 0 Å². The van der Waals surface area contributed by atoms with E-state index < -0.39 is 0 Å². The van der Waals surface area contributed by atoms with E-state index in [0.29, 0.717) is 0 Å². The standard InChI is InChI=1S/C13H18O/c1-2-11-14-12-7-6-10-13-8-4-3-5-9-13/h3-6,8-10H,2,7,11-12H2,1H3. The van der Waals surface area contributed by atoms with Crippen LogP contribution in [0.2, 0.25) is 0 Å². The Morgan fingerprint density at radius 2 is 1.93 bits per heavy atom. The molecule has 0 bridgehead atoms. The van der Waals surface area contributed by atoms with Gasteiger partial charge in [0.1, 0.15) is 0 Å². The van der Waals surface area contributed by atoms with Crippen molar-refractivity contribution < 1.29 is 4.74 Å². The van der Waals surface area contributed by atoms with E-state index in [4.69, 9.17) is 4.74 Å². The highest BCUT2D eigenvalue weighted by Gasteiger charge is 1.84. The van der Waals surface area contributed by atoms with Crippen LogP contribution in [0.3, 0.4) is 0 Å². The van der Waals surface area contributed by atoms with Gasteiger partial charge in [-0.1, -0.05) is 49.4 Å². The zero-order valence-corrected chi connectivity index (χ0v) is 8.78. The first-order valence-corrected chi connectivity index (χ1v) is 5.23. The first-order chi connectivity index (χ1) is 6.93. The lowest BCUT2D eigenvalue weighted by Gasteiger charge is -1.97. The third-order valence-electron chi connectivity index (χ3n) is 1.89. The van der Waals surface area contributed by atoms with Gasteiger partial charge in [-0.25, -0.2) is 0 Å². The third kappa shape index (κ3) is 4.83. The Balaban J connectivity index is 2.15. The fourth-order valence-electron chi connectivity index (χ4n) is 1.18. The molecule has 1 nitrogen and oxygen atoms in total. The topological polar surface area (TPSA) is 9.23 Å². The molecule has 1 heteroatoms. The quantitative estimate of drug-likeness (QED) is 0.624. The van der Waals surface area contributed by atoms with Gasteiger partial charge in [0.15, 0.2) is 0 Å². The van der Waals surface area contributed by atoms with E-state index in [1.807, 2.05) is 18.2 Å². The normalized spacial score (nSPS) is 10.9. The summed E-state index contributed by atoms with van der Waals surface area (Å²) in [7, 11) is 0. The molecule has 0 aliphatic carbocycles. The average Bonchev–Trinajstić information content (AvgIpc) is 2.25. The van der Waals surface area contributed by atoms with E-state index in [2.05, 4.69) is 31.2 Å². The SMILES string of the molecule is CCCOCCC=Cc1ccccc1. The van der Waals surface area contributed by atoms with Crippen LogP contribution in [-0.2, 0) is 4.74 Å². The Kier molecular flexibility index (Phi) is 5.76. The Hall–Kier alpha value is -1.08. The van der Waals surface area contributed by atoms with Crippen LogP contribution < -0.4 is 0 Å². The van der Waals surface area contributed by atoms with Crippen molar-refractivity contribution in [1.82, 2.24) is 0 Å². The summed E-state index contributed by atoms with van der Waals surface area (Å²) in [4.78, 5) is 0. The molecule has 1 aromatic carbocycles. The minimum absolute atomic E-state index is 0.831. The van der Waals surface area contributed by atoms with Gasteiger partial charge in [-0.3, -0.25) is 0 Å². The van der Waals surface area contributed by atoms with Gasteiger partial charge in [0.2, 0.25) is 0 Å². The van der Waals surface area contributed by atoms with Crippen LogP contribution in [0.1, 0.15) is 25.3 Å². The second kappa shape index (κ2) is 7.34. The largest absolute Gasteiger partial charge is 0.381 e. The van der Waals surface area contributed by atoms with Crippen molar-refractivity contribution in [3.05, 3.63) is 42.0 Å². The van der Waals surface area contributed by atoms with Gasteiger partial charge < -0.3 is 4.74 Å². The molecule has 1 rings (SSSR count). The number of hydrogen-bond acceptors (Lipinski definition) is 1. The van der Waals surface area contributed by atoms with E-state index in [9.17, 15) is 0 Å². The van der Waals surface area contributed by atoms with Crippen LogP contribution in [-0.4, -0.2) is 13.2 Å². The molecule has 0 fully saturated rings. The second-order valence-electron chi connectivity index (χ2n) is 3.21. The van der Waals surface area contributed by atoms with Gasteiger partial charge in [0, 0.05) is 6.61 Å². The van der Waals surface area contributed by atoms with Crippen molar-refractivity contribution in [2.75, 3.05) is 13.2 Å². The summed E-state index contributed by atoms with van der Waals surface area (Å²) < 4.78 is 5.37. The molecule has 1 aromatic rings. The summed E-state index contributed by atoms with van der Waals surface area (Å²) in [6.07, 6.45) is 6.39. The van der Waals surface area contributed by atoms with Crippen molar-refractivity contribution in [2.45, 2.75) is 19.8 Å². The summed E-state index contributed by atoms with van der Waals surface area (Å²) in [5.41, 5.74) is 1.25. The summed E-state index contributed by atoms with van der Waals surface area (Å²) >= 11 is 0. The molecule has 0 atom stereocenters. The van der Waals surface area contributed by atoms with Crippen LogP contribution in [0, 0.1) is 0 Å². The molecule has 0 radical (unpaired) electrons. The van der Waals surface area contributed by atoms with Gasteiger partial charge in [-0.2, -0.15) is 0 Å². The Bertz CT molecular complexity index is 251. The molecule has 0 aliphatic rings. The number of hydrogen-bond donors (Lipinski definition) is 0. The maximum Gasteiger partial charge on any atom is 0.0500 e. The first kappa shape index (κ1) is 11.0. The van der Waals surface area contributed by atoms with Crippen molar-refractivity contribution in [2.24, 2.45) is 0 Å². The smallest absolute Gasteiger partial charge is 0.0500 e. The monoisotopic (exact) mass is 190 g/mol. The van der Waals surface area contributed by atoms with Crippen LogP contribution in [0.25, 0.3) is 6.08 Å². The highest BCUT2D eigenvalue weighted by Crippen LogP contribution is 2.01. The predicted octanol–water partition coefficient (Wildman–Crippen LogP) is 3.52. The predicted molar refractivity (Wildman–Crippen MR) is 61.2 cm³/mol. The first-order valence-electron chi connectivity index (χ1n) is 5.23. The van der Waals surface area contributed by atoms with E-state index >= 15 is 0 Å². The molecule has 14 heavy (non-hydrogen) atoms. The molecule has 0 aliphatic heterocycles. The zero-order chi connectivity index (χ0) is 10.1. The van der Waals surface area contributed by atoms with E-state index in [0.717, 1.165) is 26.1 Å². The van der Waals surface area contributed by atoms with Gasteiger partial charge in [-0.15, -0.1) is 0 Å². The molecule has 0 amide bonds. The number of ether oxygens (including phenoxy) is 1. The molecule has 0 saturated carbocycles. The number of benzene rings is 1. The molecule has 0 saturated heterocycles. The van der Waals surface area contributed by atoms with Crippen LogP contribution >= 0.6 is 0 Å². The molecular weight excluding hydrogens is 172 g/mol. The Labute approximate surface area is 86.4 Å². The third-order valence-corrected chi connectivity index (χ3v) is 1.89. The van der Waals surface area contributed by atoms with E-state index in [-0.39, 0.29) is 0 Å². The molecule has 0 unspecified atom stereocenters. The van der Waals surface area contributed by atoms with Gasteiger partial charge in [0.05, 0.1) is 6.61 Å².